The Kier molecular flexibility index (Phi) is 6.96. The van der Waals surface area contributed by atoms with Crippen molar-refractivity contribution in [2.75, 3.05) is 5.32 Å². The van der Waals surface area contributed by atoms with Gasteiger partial charge >= 0.3 is 0 Å². The molecule has 0 unspecified atom stereocenters. The van der Waals surface area contributed by atoms with Gasteiger partial charge in [-0.05, 0) is 78.0 Å². The molecule has 0 radical (unpaired) electrons. The van der Waals surface area contributed by atoms with Crippen LogP contribution in [0.25, 0.3) is 0 Å². The van der Waals surface area contributed by atoms with Gasteiger partial charge in [-0.2, -0.15) is 0 Å². The summed E-state index contributed by atoms with van der Waals surface area (Å²) in [6, 6.07) is 23.1. The van der Waals surface area contributed by atoms with Crippen molar-refractivity contribution in [2.45, 2.75) is 20.7 Å². The number of halogens is 1. The predicted octanol–water partition coefficient (Wildman–Crippen LogP) is 6.16. The number of aromatic nitrogens is 3. The largest absolute Gasteiger partial charge is 0.322 e. The zero-order valence-electron chi connectivity index (χ0n) is 16.7. The van der Waals surface area contributed by atoms with E-state index in [1.54, 1.807) is 18.1 Å². The summed E-state index contributed by atoms with van der Waals surface area (Å²) in [7, 11) is 1.90. The molecule has 4 aromatic rings. The molecule has 0 aliphatic carbocycles. The second kappa shape index (κ2) is 10.0. The van der Waals surface area contributed by atoms with Crippen molar-refractivity contribution in [3.05, 3.63) is 95.3 Å². The highest BCUT2D eigenvalue weighted by Gasteiger charge is 2.08. The molecule has 1 heterocycles. The minimum absolute atomic E-state index is 0.134. The number of hydrogen-bond donors (Lipinski definition) is 1. The number of carbonyl (C=O) groups excluding carboxylic acids is 1. The molecule has 1 N–H and O–H groups in total. The number of amides is 1. The highest BCUT2D eigenvalue weighted by molar-refractivity contribution is 7.99. The monoisotopic (exact) mass is 466 g/mol. The van der Waals surface area contributed by atoms with Crippen LogP contribution in [-0.2, 0) is 12.8 Å². The molecule has 1 aromatic heterocycles. The smallest absolute Gasteiger partial charge is 0.255 e. The maximum absolute atomic E-state index is 12.6. The van der Waals surface area contributed by atoms with E-state index in [0.717, 1.165) is 37.0 Å². The van der Waals surface area contributed by atoms with Crippen LogP contribution in [0.2, 0.25) is 5.02 Å². The van der Waals surface area contributed by atoms with Gasteiger partial charge in [-0.3, -0.25) is 4.79 Å². The van der Waals surface area contributed by atoms with E-state index >= 15 is 0 Å². The van der Waals surface area contributed by atoms with Crippen molar-refractivity contribution in [2.24, 2.45) is 7.05 Å². The van der Waals surface area contributed by atoms with E-state index in [0.29, 0.717) is 5.56 Å². The van der Waals surface area contributed by atoms with E-state index in [1.165, 1.54) is 11.8 Å². The van der Waals surface area contributed by atoms with Crippen LogP contribution in [0.5, 0.6) is 0 Å². The summed E-state index contributed by atoms with van der Waals surface area (Å²) in [4.78, 5) is 14.8. The molecule has 0 bridgehead atoms. The SMILES string of the molecule is Cn1cnnc1Sc1ccc(NC(=O)c2ccc(CSc3ccc(Cl)cc3)cc2)cc1. The molecule has 0 saturated carbocycles. The Morgan fingerprint density at radius 3 is 2.29 bits per heavy atom. The molecule has 4 rings (SSSR count). The van der Waals surface area contributed by atoms with Gasteiger partial charge in [-0.1, -0.05) is 23.7 Å². The van der Waals surface area contributed by atoms with Crippen molar-refractivity contribution in [3.8, 4) is 0 Å². The zero-order chi connectivity index (χ0) is 21.6. The van der Waals surface area contributed by atoms with Crippen LogP contribution < -0.4 is 5.32 Å². The third-order valence-corrected chi connectivity index (χ3v) is 6.82. The number of aryl methyl sites for hydroxylation is 1. The Labute approximate surface area is 194 Å². The average molecular weight is 467 g/mol. The fraction of sp³-hybridized carbons (Fsp3) is 0.0870. The molecule has 0 fully saturated rings. The summed E-state index contributed by atoms with van der Waals surface area (Å²) in [5.74, 6) is 0.694. The van der Waals surface area contributed by atoms with Crippen LogP contribution in [0, 0.1) is 0 Å². The number of hydrogen-bond acceptors (Lipinski definition) is 5. The Hall–Kier alpha value is -2.74. The van der Waals surface area contributed by atoms with Crippen LogP contribution in [0.1, 0.15) is 15.9 Å². The number of anilines is 1. The first kappa shape index (κ1) is 21.5. The van der Waals surface area contributed by atoms with E-state index in [2.05, 4.69) is 15.5 Å². The highest BCUT2D eigenvalue weighted by atomic mass is 35.5. The Morgan fingerprint density at radius 1 is 0.968 bits per heavy atom. The molecule has 0 saturated heterocycles. The quantitative estimate of drug-likeness (QED) is 0.330. The van der Waals surface area contributed by atoms with E-state index in [-0.39, 0.29) is 5.91 Å². The van der Waals surface area contributed by atoms with E-state index in [4.69, 9.17) is 11.6 Å². The number of nitrogens with zero attached hydrogens (tertiary/aromatic N) is 3. The minimum Gasteiger partial charge on any atom is -0.322 e. The molecule has 5 nitrogen and oxygen atoms in total. The zero-order valence-corrected chi connectivity index (χ0v) is 19.0. The maximum Gasteiger partial charge on any atom is 0.255 e. The Bertz CT molecular complexity index is 1160. The Morgan fingerprint density at radius 2 is 1.65 bits per heavy atom. The molecule has 31 heavy (non-hydrogen) atoms. The maximum atomic E-state index is 12.6. The lowest BCUT2D eigenvalue weighted by molar-refractivity contribution is 0.102. The highest BCUT2D eigenvalue weighted by Crippen LogP contribution is 2.27. The van der Waals surface area contributed by atoms with Gasteiger partial charge in [0, 0.05) is 38.9 Å². The third kappa shape index (κ3) is 5.91. The van der Waals surface area contributed by atoms with Crippen molar-refractivity contribution in [1.82, 2.24) is 14.8 Å². The van der Waals surface area contributed by atoms with Crippen molar-refractivity contribution < 1.29 is 4.79 Å². The van der Waals surface area contributed by atoms with E-state index < -0.39 is 0 Å². The predicted molar refractivity (Wildman–Crippen MR) is 127 cm³/mol. The average Bonchev–Trinajstić information content (AvgIpc) is 3.19. The normalized spacial score (nSPS) is 10.8. The second-order valence-electron chi connectivity index (χ2n) is 6.74. The van der Waals surface area contributed by atoms with Crippen LogP contribution in [0.3, 0.4) is 0 Å². The molecule has 1 amide bonds. The lowest BCUT2D eigenvalue weighted by Crippen LogP contribution is -2.11. The summed E-state index contributed by atoms with van der Waals surface area (Å²) < 4.78 is 1.86. The molecule has 8 heteroatoms. The van der Waals surface area contributed by atoms with Crippen LogP contribution in [0.15, 0.2) is 94.1 Å². The van der Waals surface area contributed by atoms with Gasteiger partial charge in [-0.15, -0.1) is 22.0 Å². The van der Waals surface area contributed by atoms with Gasteiger partial charge < -0.3 is 9.88 Å². The summed E-state index contributed by atoms with van der Waals surface area (Å²) >= 11 is 9.17. The van der Waals surface area contributed by atoms with Gasteiger partial charge in [0.05, 0.1) is 0 Å². The lowest BCUT2D eigenvalue weighted by atomic mass is 10.1. The standard InChI is InChI=1S/C23H19ClN4OS2/c1-28-15-25-27-23(28)31-21-12-8-19(9-13-21)26-22(29)17-4-2-16(3-5-17)14-30-20-10-6-18(24)7-11-20/h2-13,15H,14H2,1H3,(H,26,29). The molecule has 0 aliphatic rings. The van der Waals surface area contributed by atoms with E-state index in [1.807, 2.05) is 84.4 Å². The summed E-state index contributed by atoms with van der Waals surface area (Å²) in [6.45, 7) is 0. The topological polar surface area (TPSA) is 59.8 Å². The molecule has 156 valence electrons. The van der Waals surface area contributed by atoms with Crippen molar-refractivity contribution in [3.63, 3.8) is 0 Å². The minimum atomic E-state index is -0.134. The summed E-state index contributed by atoms with van der Waals surface area (Å²) in [5, 5.41) is 12.4. The lowest BCUT2D eigenvalue weighted by Gasteiger charge is -2.08. The van der Waals surface area contributed by atoms with Gasteiger partial charge in [-0.25, -0.2) is 0 Å². The fourth-order valence-electron chi connectivity index (χ4n) is 2.73. The van der Waals surface area contributed by atoms with Gasteiger partial charge in [0.2, 0.25) is 0 Å². The van der Waals surface area contributed by atoms with Gasteiger partial charge in [0.1, 0.15) is 6.33 Å². The number of nitrogens with one attached hydrogen (secondary N) is 1. The first-order valence-electron chi connectivity index (χ1n) is 9.47. The van der Waals surface area contributed by atoms with Crippen LogP contribution >= 0.6 is 35.1 Å². The van der Waals surface area contributed by atoms with Crippen molar-refractivity contribution >= 4 is 46.7 Å². The third-order valence-electron chi connectivity index (χ3n) is 4.43. The first-order valence-corrected chi connectivity index (χ1v) is 11.7. The summed E-state index contributed by atoms with van der Waals surface area (Å²) in [6.07, 6.45) is 1.67. The second-order valence-corrected chi connectivity index (χ2v) is 9.27. The molecule has 0 aliphatic heterocycles. The Balaban J connectivity index is 1.32. The van der Waals surface area contributed by atoms with Crippen LogP contribution in [0.4, 0.5) is 5.69 Å². The van der Waals surface area contributed by atoms with Crippen LogP contribution in [-0.4, -0.2) is 20.7 Å². The number of carbonyl (C=O) groups is 1. The fourth-order valence-corrected chi connectivity index (χ4v) is 4.47. The molecular formula is C23H19ClN4OS2. The number of rotatable bonds is 7. The first-order chi connectivity index (χ1) is 15.1. The number of benzene rings is 3. The van der Waals surface area contributed by atoms with E-state index in [9.17, 15) is 4.79 Å². The molecule has 3 aromatic carbocycles. The molecular weight excluding hydrogens is 448 g/mol. The van der Waals surface area contributed by atoms with Gasteiger partial charge in [0.25, 0.3) is 5.91 Å². The number of thioether (sulfide) groups is 1. The summed E-state index contributed by atoms with van der Waals surface area (Å²) in [5.41, 5.74) is 2.52. The molecule has 0 spiro atoms. The molecule has 0 atom stereocenters. The van der Waals surface area contributed by atoms with Gasteiger partial charge in [0.15, 0.2) is 5.16 Å². The van der Waals surface area contributed by atoms with Crippen molar-refractivity contribution in [1.29, 1.82) is 0 Å².